The molecule has 4 rings (SSSR count). The van der Waals surface area contributed by atoms with Gasteiger partial charge >= 0.3 is 0 Å². The van der Waals surface area contributed by atoms with Gasteiger partial charge in [0.05, 0.1) is 17.7 Å². The molecule has 0 unspecified atom stereocenters. The van der Waals surface area contributed by atoms with Crippen molar-refractivity contribution in [2.75, 3.05) is 0 Å². The molecule has 0 spiro atoms. The molecule has 0 aliphatic carbocycles. The lowest BCUT2D eigenvalue weighted by Gasteiger charge is -1.98. The predicted octanol–water partition coefficient (Wildman–Crippen LogP) is 3.82. The molecule has 0 N–H and O–H groups in total. The largest absolute Gasteiger partial charge is 0.448 e. The van der Waals surface area contributed by atoms with E-state index in [1.807, 2.05) is 38.1 Å². The van der Waals surface area contributed by atoms with Crippen LogP contribution < -0.4 is 0 Å². The second-order valence-electron chi connectivity index (χ2n) is 5.81. The molecule has 3 heterocycles. The zero-order valence-corrected chi connectivity index (χ0v) is 13.9. The third kappa shape index (κ3) is 3.02. The summed E-state index contributed by atoms with van der Waals surface area (Å²) < 4.78 is 11.0. The second kappa shape index (κ2) is 6.25. The molecule has 4 aromatic rings. The minimum Gasteiger partial charge on any atom is -0.448 e. The van der Waals surface area contributed by atoms with Crippen molar-refractivity contribution < 1.29 is 8.94 Å². The van der Waals surface area contributed by atoms with Crippen LogP contribution in [0.15, 0.2) is 51.9 Å². The van der Waals surface area contributed by atoms with Gasteiger partial charge in [-0.1, -0.05) is 23.1 Å². The standard InChI is InChI=1S/C20H15N3O2/c1-13-5-7-17-18(10-19-22-14(2)12-24-19)23-25-20(17)16(13)8-6-15-4-3-9-21-11-15/h3-5,7,9,11-12H,10H2,1-2H3. The lowest BCUT2D eigenvalue weighted by atomic mass is 10.0. The summed E-state index contributed by atoms with van der Waals surface area (Å²) in [7, 11) is 0. The lowest BCUT2D eigenvalue weighted by molar-refractivity contribution is 0.439. The Balaban J connectivity index is 1.75. The van der Waals surface area contributed by atoms with Crippen molar-refractivity contribution in [1.29, 1.82) is 0 Å². The molecule has 0 fully saturated rings. The molecule has 5 nitrogen and oxygen atoms in total. The first-order valence-corrected chi connectivity index (χ1v) is 7.91. The van der Waals surface area contributed by atoms with E-state index >= 15 is 0 Å². The summed E-state index contributed by atoms with van der Waals surface area (Å²) in [6.07, 6.45) is 5.58. The van der Waals surface area contributed by atoms with Gasteiger partial charge < -0.3 is 8.94 Å². The number of oxazole rings is 1. The highest BCUT2D eigenvalue weighted by molar-refractivity contribution is 5.86. The van der Waals surface area contributed by atoms with Crippen molar-refractivity contribution in [1.82, 2.24) is 15.1 Å². The van der Waals surface area contributed by atoms with Gasteiger partial charge in [-0.15, -0.1) is 0 Å². The summed E-state index contributed by atoms with van der Waals surface area (Å²) in [5.41, 5.74) is 5.06. The van der Waals surface area contributed by atoms with E-state index in [1.165, 1.54) is 0 Å². The Morgan fingerprint density at radius 3 is 2.80 bits per heavy atom. The summed E-state index contributed by atoms with van der Waals surface area (Å²) in [6.45, 7) is 3.90. The zero-order valence-electron chi connectivity index (χ0n) is 13.9. The number of fused-ring (bicyclic) bond motifs is 1. The first-order valence-electron chi connectivity index (χ1n) is 7.91. The van der Waals surface area contributed by atoms with E-state index in [9.17, 15) is 0 Å². The molecule has 0 saturated carbocycles. The van der Waals surface area contributed by atoms with E-state index in [0.717, 1.165) is 33.5 Å². The Bertz CT molecular complexity index is 1100. The van der Waals surface area contributed by atoms with E-state index < -0.39 is 0 Å². The van der Waals surface area contributed by atoms with Crippen LogP contribution in [0.5, 0.6) is 0 Å². The number of aryl methyl sites for hydroxylation is 2. The smallest absolute Gasteiger partial charge is 0.200 e. The summed E-state index contributed by atoms with van der Waals surface area (Å²) in [5, 5.41) is 5.13. The summed E-state index contributed by atoms with van der Waals surface area (Å²) in [5.74, 6) is 6.94. The van der Waals surface area contributed by atoms with Crippen molar-refractivity contribution in [3.63, 3.8) is 0 Å². The number of benzene rings is 1. The highest BCUT2D eigenvalue weighted by Crippen LogP contribution is 2.26. The van der Waals surface area contributed by atoms with Crippen LogP contribution in [0.25, 0.3) is 11.0 Å². The van der Waals surface area contributed by atoms with Crippen molar-refractivity contribution >= 4 is 11.0 Å². The highest BCUT2D eigenvalue weighted by atomic mass is 16.5. The number of hydrogen-bond donors (Lipinski definition) is 0. The van der Waals surface area contributed by atoms with E-state index in [-0.39, 0.29) is 0 Å². The summed E-state index contributed by atoms with van der Waals surface area (Å²) in [6, 6.07) is 7.81. The molecule has 0 amide bonds. The first-order chi connectivity index (χ1) is 12.2. The van der Waals surface area contributed by atoms with Crippen molar-refractivity contribution in [2.45, 2.75) is 20.3 Å². The molecule has 122 valence electrons. The second-order valence-corrected chi connectivity index (χ2v) is 5.81. The fourth-order valence-electron chi connectivity index (χ4n) is 2.63. The Hall–Kier alpha value is -3.39. The molecule has 0 atom stereocenters. The Morgan fingerprint density at radius 1 is 1.12 bits per heavy atom. The van der Waals surface area contributed by atoms with Crippen LogP contribution in [0.1, 0.15) is 34.0 Å². The number of pyridine rings is 1. The van der Waals surface area contributed by atoms with Crippen LogP contribution in [-0.4, -0.2) is 15.1 Å². The van der Waals surface area contributed by atoms with E-state index in [2.05, 4.69) is 27.0 Å². The Kier molecular flexibility index (Phi) is 3.79. The monoisotopic (exact) mass is 329 g/mol. The number of nitrogens with zero attached hydrogens (tertiary/aromatic N) is 3. The lowest BCUT2D eigenvalue weighted by Crippen LogP contribution is -1.90. The molecular weight excluding hydrogens is 314 g/mol. The van der Waals surface area contributed by atoms with Gasteiger partial charge in [-0.25, -0.2) is 4.98 Å². The van der Waals surface area contributed by atoms with Crippen LogP contribution in [0, 0.1) is 25.7 Å². The first kappa shape index (κ1) is 15.2. The number of hydrogen-bond acceptors (Lipinski definition) is 5. The van der Waals surface area contributed by atoms with Crippen molar-refractivity contribution in [2.24, 2.45) is 0 Å². The summed E-state index contributed by atoms with van der Waals surface area (Å²) >= 11 is 0. The van der Waals surface area contributed by atoms with E-state index in [0.29, 0.717) is 17.9 Å². The quantitative estimate of drug-likeness (QED) is 0.523. The summed E-state index contributed by atoms with van der Waals surface area (Å²) in [4.78, 5) is 8.40. The van der Waals surface area contributed by atoms with Gasteiger partial charge in [-0.05, 0) is 37.6 Å². The molecule has 1 aromatic carbocycles. The van der Waals surface area contributed by atoms with Gasteiger partial charge in [-0.3, -0.25) is 4.98 Å². The highest BCUT2D eigenvalue weighted by Gasteiger charge is 2.15. The zero-order chi connectivity index (χ0) is 17.2. The van der Waals surface area contributed by atoms with Crippen LogP contribution >= 0.6 is 0 Å². The van der Waals surface area contributed by atoms with Gasteiger partial charge in [0.15, 0.2) is 11.5 Å². The predicted molar refractivity (Wildman–Crippen MR) is 93.0 cm³/mol. The van der Waals surface area contributed by atoms with Crippen LogP contribution in [0.2, 0.25) is 0 Å². The van der Waals surface area contributed by atoms with E-state index in [4.69, 9.17) is 8.94 Å². The Labute approximate surface area is 144 Å². The van der Waals surface area contributed by atoms with Crippen LogP contribution in [0.3, 0.4) is 0 Å². The maximum atomic E-state index is 5.59. The van der Waals surface area contributed by atoms with Gasteiger partial charge in [0, 0.05) is 23.3 Å². The third-order valence-electron chi connectivity index (χ3n) is 3.90. The van der Waals surface area contributed by atoms with Gasteiger partial charge in [0.25, 0.3) is 0 Å². The molecule has 0 radical (unpaired) electrons. The molecule has 0 bridgehead atoms. The normalized spacial score (nSPS) is 10.6. The van der Waals surface area contributed by atoms with Crippen LogP contribution in [0.4, 0.5) is 0 Å². The van der Waals surface area contributed by atoms with Gasteiger partial charge in [0.1, 0.15) is 12.0 Å². The molecular formula is C20H15N3O2. The van der Waals surface area contributed by atoms with Crippen LogP contribution in [-0.2, 0) is 6.42 Å². The van der Waals surface area contributed by atoms with Crippen molar-refractivity contribution in [3.8, 4) is 11.8 Å². The maximum absolute atomic E-state index is 5.59. The molecule has 0 saturated heterocycles. The number of rotatable bonds is 2. The maximum Gasteiger partial charge on any atom is 0.200 e. The SMILES string of the molecule is Cc1coc(Cc2noc3c(C#Cc4cccnc4)c(C)ccc23)n1. The average molecular weight is 329 g/mol. The fraction of sp³-hybridized carbons (Fsp3) is 0.150. The molecule has 0 aliphatic rings. The molecule has 25 heavy (non-hydrogen) atoms. The Morgan fingerprint density at radius 2 is 2.04 bits per heavy atom. The minimum atomic E-state index is 0.485. The third-order valence-corrected chi connectivity index (χ3v) is 3.90. The van der Waals surface area contributed by atoms with Gasteiger partial charge in [-0.2, -0.15) is 0 Å². The fourth-order valence-corrected chi connectivity index (χ4v) is 2.63. The molecule has 3 aromatic heterocycles. The minimum absolute atomic E-state index is 0.485. The number of aromatic nitrogens is 3. The van der Waals surface area contributed by atoms with Crippen molar-refractivity contribution in [3.05, 3.63) is 76.9 Å². The average Bonchev–Trinajstić information content (AvgIpc) is 3.22. The topological polar surface area (TPSA) is 65.0 Å². The van der Waals surface area contributed by atoms with E-state index in [1.54, 1.807) is 18.7 Å². The molecule has 5 heteroatoms. The van der Waals surface area contributed by atoms with Gasteiger partial charge in [0.2, 0.25) is 0 Å². The molecule has 0 aliphatic heterocycles.